The lowest BCUT2D eigenvalue weighted by Crippen LogP contribution is -2.45. The highest BCUT2D eigenvalue weighted by Gasteiger charge is 2.45. The number of carbonyl (C=O) groups excluding carboxylic acids is 1. The van der Waals surface area contributed by atoms with E-state index >= 15 is 0 Å². The molecule has 1 saturated heterocycles. The number of anilines is 1. The summed E-state index contributed by atoms with van der Waals surface area (Å²) in [4.78, 5) is 17.0. The summed E-state index contributed by atoms with van der Waals surface area (Å²) in [5.41, 5.74) is 3.28. The van der Waals surface area contributed by atoms with Crippen molar-refractivity contribution >= 4 is 45.8 Å². The van der Waals surface area contributed by atoms with Crippen LogP contribution in [0.3, 0.4) is 0 Å². The van der Waals surface area contributed by atoms with Gasteiger partial charge in [0, 0.05) is 49.4 Å². The van der Waals surface area contributed by atoms with Crippen LogP contribution in [0.2, 0.25) is 10.0 Å². The topological polar surface area (TPSA) is 43.9 Å². The van der Waals surface area contributed by atoms with Crippen LogP contribution in [0.4, 0.5) is 14.5 Å². The summed E-state index contributed by atoms with van der Waals surface area (Å²) < 4.78 is 42.0. The molecule has 2 unspecified atom stereocenters. The van der Waals surface area contributed by atoms with Crippen LogP contribution in [0.25, 0.3) is 0 Å². The number of benzene rings is 3. The van der Waals surface area contributed by atoms with Crippen LogP contribution in [-0.2, 0) is 16.4 Å². The smallest absolute Gasteiger partial charge is 0.253 e. The van der Waals surface area contributed by atoms with Gasteiger partial charge in [0.25, 0.3) is 5.91 Å². The molecule has 41 heavy (non-hydrogen) atoms. The van der Waals surface area contributed by atoms with E-state index in [0.717, 1.165) is 74.9 Å². The number of likely N-dealkylation sites (tertiary alicyclic amines) is 1. The number of fused-ring (bicyclic) bond motifs is 2. The second kappa shape index (κ2) is 12.4. The van der Waals surface area contributed by atoms with Gasteiger partial charge in [0.05, 0.1) is 15.7 Å². The largest absolute Gasteiger partial charge is 0.341 e. The van der Waals surface area contributed by atoms with Gasteiger partial charge in [-0.3, -0.25) is 9.10 Å². The predicted molar refractivity (Wildman–Crippen MR) is 162 cm³/mol. The molecule has 2 aliphatic heterocycles. The van der Waals surface area contributed by atoms with Crippen molar-refractivity contribution in [1.82, 2.24) is 9.80 Å². The lowest BCUT2D eigenvalue weighted by atomic mass is 9.74. The highest BCUT2D eigenvalue weighted by Crippen LogP contribution is 2.47. The van der Waals surface area contributed by atoms with Crippen molar-refractivity contribution in [2.45, 2.75) is 30.6 Å². The number of para-hydroxylation sites is 1. The Morgan fingerprint density at radius 1 is 1.02 bits per heavy atom. The van der Waals surface area contributed by atoms with Crippen LogP contribution < -0.4 is 4.31 Å². The molecule has 2 heterocycles. The second-order valence-electron chi connectivity index (χ2n) is 11.1. The quantitative estimate of drug-likeness (QED) is 0.283. The van der Waals surface area contributed by atoms with Crippen molar-refractivity contribution < 1.29 is 17.8 Å². The Labute approximate surface area is 252 Å². The van der Waals surface area contributed by atoms with Gasteiger partial charge in [-0.05, 0) is 80.4 Å². The third-order valence-electron chi connectivity index (χ3n) is 8.47. The van der Waals surface area contributed by atoms with Crippen molar-refractivity contribution in [3.8, 4) is 0 Å². The maximum atomic E-state index is 13.8. The molecule has 0 N–H and O–H groups in total. The zero-order valence-corrected chi connectivity index (χ0v) is 25.4. The van der Waals surface area contributed by atoms with Gasteiger partial charge >= 0.3 is 0 Å². The Morgan fingerprint density at radius 2 is 1.71 bits per heavy atom. The molecule has 10 heteroatoms. The first-order valence-electron chi connectivity index (χ1n) is 13.7. The SMILES string of the molecule is CN(CC(CCN1CCC2(CC1)CN(S(C)=O)c1ccccc12)c1ccc(Cl)c(Cl)c1)C(=O)c1cc(F)cc(F)c1. The number of hydrogen-bond donors (Lipinski definition) is 0. The van der Waals surface area contributed by atoms with Gasteiger partial charge in [-0.1, -0.05) is 47.5 Å². The first-order valence-corrected chi connectivity index (χ1v) is 15.9. The summed E-state index contributed by atoms with van der Waals surface area (Å²) >= 11 is 12.5. The monoisotopic (exact) mass is 619 g/mol. The van der Waals surface area contributed by atoms with Gasteiger partial charge in [-0.25, -0.2) is 13.0 Å². The van der Waals surface area contributed by atoms with Gasteiger partial charge in [0.2, 0.25) is 0 Å². The van der Waals surface area contributed by atoms with E-state index in [-0.39, 0.29) is 16.9 Å². The third-order valence-corrected chi connectivity index (χ3v) is 10.2. The molecule has 1 amide bonds. The summed E-state index contributed by atoms with van der Waals surface area (Å²) in [7, 11) is 0.566. The van der Waals surface area contributed by atoms with E-state index in [1.807, 2.05) is 22.5 Å². The van der Waals surface area contributed by atoms with Crippen LogP contribution in [0.15, 0.2) is 60.7 Å². The van der Waals surface area contributed by atoms with Gasteiger partial charge in [-0.2, -0.15) is 0 Å². The molecule has 5 nitrogen and oxygen atoms in total. The highest BCUT2D eigenvalue weighted by molar-refractivity contribution is 7.85. The highest BCUT2D eigenvalue weighted by atomic mass is 35.5. The van der Waals surface area contributed by atoms with Crippen LogP contribution in [0.1, 0.15) is 46.7 Å². The Hall–Kier alpha value is -2.52. The fourth-order valence-electron chi connectivity index (χ4n) is 6.23. The summed E-state index contributed by atoms with van der Waals surface area (Å²) in [5.74, 6) is -2.10. The van der Waals surface area contributed by atoms with Crippen molar-refractivity contribution in [3.05, 3.63) is 99.0 Å². The van der Waals surface area contributed by atoms with Gasteiger partial charge in [0.15, 0.2) is 0 Å². The Morgan fingerprint density at radius 3 is 2.37 bits per heavy atom. The minimum atomic E-state index is -1.07. The van der Waals surface area contributed by atoms with E-state index in [1.54, 1.807) is 19.4 Å². The maximum absolute atomic E-state index is 13.8. The summed E-state index contributed by atoms with van der Waals surface area (Å²) in [6.07, 6.45) is 4.43. The molecule has 218 valence electrons. The molecular weight excluding hydrogens is 587 g/mol. The van der Waals surface area contributed by atoms with Crippen LogP contribution in [0, 0.1) is 11.6 Å². The number of likely N-dealkylation sites (N-methyl/N-ethyl adjacent to an activating group) is 1. The first kappa shape index (κ1) is 30.0. The van der Waals surface area contributed by atoms with Crippen molar-refractivity contribution in [2.75, 3.05) is 50.3 Å². The zero-order valence-electron chi connectivity index (χ0n) is 23.1. The molecule has 3 aromatic rings. The average Bonchev–Trinajstić information content (AvgIpc) is 3.26. The van der Waals surface area contributed by atoms with Gasteiger partial charge in [-0.15, -0.1) is 0 Å². The maximum Gasteiger partial charge on any atom is 0.253 e. The fourth-order valence-corrected chi connectivity index (χ4v) is 7.40. The molecule has 0 radical (unpaired) electrons. The lowest BCUT2D eigenvalue weighted by molar-refractivity contribution is 0.0779. The van der Waals surface area contributed by atoms with E-state index in [2.05, 4.69) is 23.1 Å². The van der Waals surface area contributed by atoms with Gasteiger partial charge < -0.3 is 9.80 Å². The molecule has 0 aliphatic carbocycles. The molecule has 2 aliphatic rings. The van der Waals surface area contributed by atoms with Crippen molar-refractivity contribution in [1.29, 1.82) is 0 Å². The normalized spacial score (nSPS) is 17.9. The predicted octanol–water partition coefficient (Wildman–Crippen LogP) is 6.66. The fraction of sp³-hybridized carbons (Fsp3) is 0.387. The Kier molecular flexibility index (Phi) is 9.04. The standard InChI is InChI=1S/C31H33Cl2F2N3O2S/c1-36(30(39)23-15-24(34)18-25(35)16-23)19-22(21-7-8-27(32)28(33)17-21)9-12-37-13-10-31(11-14-37)20-38(41(2)40)29-6-4-3-5-26(29)31/h3-8,15-18,22H,9-14,19-20H2,1-2H3. The average molecular weight is 621 g/mol. The minimum Gasteiger partial charge on any atom is -0.341 e. The number of amides is 1. The molecule has 5 rings (SSSR count). The van der Waals surface area contributed by atoms with E-state index in [1.165, 1.54) is 10.5 Å². The lowest BCUT2D eigenvalue weighted by Gasteiger charge is -2.40. The number of piperidine rings is 1. The van der Waals surface area contributed by atoms with E-state index < -0.39 is 28.5 Å². The Balaban J connectivity index is 1.28. The molecule has 1 spiro atoms. The summed E-state index contributed by atoms with van der Waals surface area (Å²) in [5, 5.41) is 0.891. The third kappa shape index (κ3) is 6.46. The zero-order chi connectivity index (χ0) is 29.3. The number of nitrogens with zero attached hydrogens (tertiary/aromatic N) is 3. The number of carbonyl (C=O) groups is 1. The molecule has 0 aromatic heterocycles. The molecular formula is C31H33Cl2F2N3O2S. The van der Waals surface area contributed by atoms with Gasteiger partial charge in [0.1, 0.15) is 22.6 Å². The minimum absolute atomic E-state index is 0.00522. The van der Waals surface area contributed by atoms with Crippen LogP contribution in [-0.4, -0.2) is 65.9 Å². The number of hydrogen-bond acceptors (Lipinski definition) is 3. The number of rotatable bonds is 8. The van der Waals surface area contributed by atoms with Crippen LogP contribution in [0.5, 0.6) is 0 Å². The molecule has 1 fully saturated rings. The molecule has 2 atom stereocenters. The number of halogens is 4. The Bertz CT molecular complexity index is 1440. The summed E-state index contributed by atoms with van der Waals surface area (Å²) in [6.45, 7) is 3.73. The van der Waals surface area contributed by atoms with E-state index in [9.17, 15) is 17.8 Å². The molecule has 0 bridgehead atoms. The molecule has 0 saturated carbocycles. The van der Waals surface area contributed by atoms with Crippen molar-refractivity contribution in [3.63, 3.8) is 0 Å². The summed E-state index contributed by atoms with van der Waals surface area (Å²) in [6, 6.07) is 16.7. The first-order chi connectivity index (χ1) is 19.6. The van der Waals surface area contributed by atoms with E-state index in [4.69, 9.17) is 23.2 Å². The van der Waals surface area contributed by atoms with Crippen LogP contribution >= 0.6 is 23.2 Å². The van der Waals surface area contributed by atoms with E-state index in [0.29, 0.717) is 16.6 Å². The van der Waals surface area contributed by atoms with Crippen molar-refractivity contribution in [2.24, 2.45) is 0 Å². The second-order valence-corrected chi connectivity index (χ2v) is 13.2. The molecule has 3 aromatic carbocycles.